The fourth-order valence-corrected chi connectivity index (χ4v) is 2.69. The molecule has 0 aliphatic carbocycles. The summed E-state index contributed by atoms with van der Waals surface area (Å²) >= 11 is 0. The maximum Gasteiger partial charge on any atom is 0.271 e. The van der Waals surface area contributed by atoms with E-state index in [0.29, 0.717) is 12.2 Å². The highest BCUT2D eigenvalue weighted by Gasteiger charge is 2.16. The summed E-state index contributed by atoms with van der Waals surface area (Å²) in [7, 11) is 3.69. The Morgan fingerprint density at radius 3 is 2.72 bits per heavy atom. The molecule has 0 bridgehead atoms. The van der Waals surface area contributed by atoms with Gasteiger partial charge in [-0.3, -0.25) is 14.7 Å². The number of rotatable bonds is 6. The molecule has 1 N–H and O–H groups in total. The van der Waals surface area contributed by atoms with Crippen LogP contribution in [-0.4, -0.2) is 43.7 Å². The van der Waals surface area contributed by atoms with Gasteiger partial charge in [-0.25, -0.2) is 9.67 Å². The van der Waals surface area contributed by atoms with Crippen molar-refractivity contribution in [3.63, 3.8) is 0 Å². The van der Waals surface area contributed by atoms with E-state index in [1.54, 1.807) is 18.1 Å². The van der Waals surface area contributed by atoms with Crippen molar-refractivity contribution in [1.82, 2.24) is 24.2 Å². The number of nitrogens with zero attached hydrogens (tertiary/aromatic N) is 4. The second-order valence-corrected chi connectivity index (χ2v) is 5.96. The average molecular weight is 339 g/mol. The molecule has 130 valence electrons. The molecule has 2 aromatic heterocycles. The zero-order chi connectivity index (χ0) is 17.8. The number of benzene rings is 1. The Balaban J connectivity index is 1.64. The summed E-state index contributed by atoms with van der Waals surface area (Å²) in [6.07, 6.45) is 5.27. The first kappa shape index (κ1) is 16.8. The predicted octanol–water partition coefficient (Wildman–Crippen LogP) is 1.60. The van der Waals surface area contributed by atoms with Gasteiger partial charge in [0.25, 0.3) is 11.5 Å². The van der Waals surface area contributed by atoms with Gasteiger partial charge in [0.05, 0.1) is 5.69 Å². The van der Waals surface area contributed by atoms with Crippen molar-refractivity contribution in [2.45, 2.75) is 12.8 Å². The highest BCUT2D eigenvalue weighted by atomic mass is 16.2. The second-order valence-electron chi connectivity index (χ2n) is 5.96. The quantitative estimate of drug-likeness (QED) is 0.741. The second kappa shape index (κ2) is 7.21. The van der Waals surface area contributed by atoms with Crippen LogP contribution in [0.15, 0.2) is 53.6 Å². The van der Waals surface area contributed by atoms with Crippen LogP contribution in [0.3, 0.4) is 0 Å². The van der Waals surface area contributed by atoms with Crippen LogP contribution in [0.4, 0.5) is 0 Å². The Morgan fingerprint density at radius 1 is 1.28 bits per heavy atom. The number of amides is 1. The van der Waals surface area contributed by atoms with Crippen molar-refractivity contribution in [1.29, 1.82) is 0 Å². The van der Waals surface area contributed by atoms with E-state index in [4.69, 9.17) is 0 Å². The van der Waals surface area contributed by atoms with E-state index in [2.05, 4.69) is 10.1 Å². The number of aromatic nitrogens is 4. The van der Waals surface area contributed by atoms with Gasteiger partial charge in [-0.15, -0.1) is 0 Å². The van der Waals surface area contributed by atoms with Gasteiger partial charge in [0, 0.05) is 45.5 Å². The summed E-state index contributed by atoms with van der Waals surface area (Å²) in [5, 5.41) is 2.89. The summed E-state index contributed by atoms with van der Waals surface area (Å²) in [4.78, 5) is 30.5. The topological polar surface area (TPSA) is 75.9 Å². The van der Waals surface area contributed by atoms with Crippen molar-refractivity contribution in [3.8, 4) is 5.69 Å². The molecule has 0 saturated carbocycles. The van der Waals surface area contributed by atoms with Crippen LogP contribution in [0.5, 0.6) is 0 Å². The number of carbonyl (C=O) groups is 1. The van der Waals surface area contributed by atoms with Gasteiger partial charge in [0.15, 0.2) is 0 Å². The summed E-state index contributed by atoms with van der Waals surface area (Å²) in [5.41, 5.74) is 0.730. The van der Waals surface area contributed by atoms with Gasteiger partial charge >= 0.3 is 0 Å². The molecule has 0 aliphatic heterocycles. The monoisotopic (exact) mass is 339 g/mol. The maximum atomic E-state index is 12.5. The minimum Gasteiger partial charge on any atom is -0.340 e. The van der Waals surface area contributed by atoms with Crippen LogP contribution in [-0.2, 0) is 13.5 Å². The van der Waals surface area contributed by atoms with Gasteiger partial charge in [-0.2, -0.15) is 0 Å². The van der Waals surface area contributed by atoms with E-state index in [1.807, 2.05) is 48.1 Å². The van der Waals surface area contributed by atoms with Crippen LogP contribution in [0.2, 0.25) is 0 Å². The van der Waals surface area contributed by atoms with E-state index in [9.17, 15) is 9.59 Å². The largest absolute Gasteiger partial charge is 0.340 e. The molecular formula is C18H21N5O2. The molecule has 7 heteroatoms. The fourth-order valence-electron chi connectivity index (χ4n) is 2.69. The molecule has 0 radical (unpaired) electrons. The fraction of sp³-hybridized carbons (Fsp3) is 0.278. The van der Waals surface area contributed by atoms with Crippen LogP contribution in [0.25, 0.3) is 5.69 Å². The van der Waals surface area contributed by atoms with E-state index in [0.717, 1.165) is 18.7 Å². The molecule has 0 aliphatic rings. The molecule has 0 fully saturated rings. The molecule has 0 spiro atoms. The van der Waals surface area contributed by atoms with Gasteiger partial charge in [0.1, 0.15) is 11.5 Å². The average Bonchev–Trinajstić information content (AvgIpc) is 3.21. The maximum absolute atomic E-state index is 12.5. The summed E-state index contributed by atoms with van der Waals surface area (Å²) in [6, 6.07) is 10.5. The highest BCUT2D eigenvalue weighted by molar-refractivity contribution is 5.92. The number of aryl methyl sites for hydroxylation is 2. The third-order valence-corrected chi connectivity index (χ3v) is 4.13. The lowest BCUT2D eigenvalue weighted by molar-refractivity contribution is 0.0787. The first-order valence-electron chi connectivity index (χ1n) is 8.15. The van der Waals surface area contributed by atoms with Crippen LogP contribution >= 0.6 is 0 Å². The van der Waals surface area contributed by atoms with Crippen LogP contribution in [0.1, 0.15) is 22.7 Å². The minimum atomic E-state index is -0.254. The number of imidazole rings is 1. The molecule has 7 nitrogen and oxygen atoms in total. The first-order valence-corrected chi connectivity index (χ1v) is 8.15. The summed E-state index contributed by atoms with van der Waals surface area (Å²) in [5.74, 6) is 0.788. The van der Waals surface area contributed by atoms with Crippen molar-refractivity contribution in [3.05, 3.63) is 70.7 Å². The van der Waals surface area contributed by atoms with Crippen LogP contribution in [0, 0.1) is 0 Å². The summed E-state index contributed by atoms with van der Waals surface area (Å²) < 4.78 is 3.34. The first-order chi connectivity index (χ1) is 12.1. The van der Waals surface area contributed by atoms with E-state index >= 15 is 0 Å². The van der Waals surface area contributed by atoms with Gasteiger partial charge < -0.3 is 9.47 Å². The molecule has 1 amide bonds. The van der Waals surface area contributed by atoms with Crippen LogP contribution < -0.4 is 5.56 Å². The lowest BCUT2D eigenvalue weighted by atomic mass is 10.2. The lowest BCUT2D eigenvalue weighted by Crippen LogP contribution is -2.28. The smallest absolute Gasteiger partial charge is 0.271 e. The third kappa shape index (κ3) is 3.71. The third-order valence-electron chi connectivity index (χ3n) is 4.13. The number of aromatic amines is 1. The normalized spacial score (nSPS) is 10.8. The standard InChI is InChI=1S/C18H21N5O2/c1-21-12-10-19-16(21)9-6-11-22(2)18(25)15-13-17(24)23(20-15)14-7-4-3-5-8-14/h3-5,7-8,10,12-13,20H,6,9,11H2,1-2H3. The number of para-hydroxylation sites is 1. The molecule has 25 heavy (non-hydrogen) atoms. The highest BCUT2D eigenvalue weighted by Crippen LogP contribution is 2.06. The van der Waals surface area contributed by atoms with E-state index < -0.39 is 0 Å². The Kier molecular flexibility index (Phi) is 4.83. The predicted molar refractivity (Wildman–Crippen MR) is 94.9 cm³/mol. The number of hydrogen-bond acceptors (Lipinski definition) is 3. The number of nitrogens with one attached hydrogen (secondary N) is 1. The van der Waals surface area contributed by atoms with E-state index in [-0.39, 0.29) is 17.2 Å². The van der Waals surface area contributed by atoms with Crippen molar-refractivity contribution < 1.29 is 4.79 Å². The SMILES string of the molecule is CN(CCCc1nccn1C)C(=O)c1cc(=O)n(-c2ccccc2)[nH]1. The minimum absolute atomic E-state index is 0.202. The zero-order valence-electron chi connectivity index (χ0n) is 14.3. The summed E-state index contributed by atoms with van der Waals surface area (Å²) in [6.45, 7) is 0.588. The van der Waals surface area contributed by atoms with Gasteiger partial charge in [-0.05, 0) is 18.6 Å². The Labute approximate surface area is 145 Å². The van der Waals surface area contributed by atoms with E-state index in [1.165, 1.54) is 10.7 Å². The number of carbonyl (C=O) groups excluding carboxylic acids is 1. The Hall–Kier alpha value is -3.09. The van der Waals surface area contributed by atoms with Crippen molar-refractivity contribution in [2.75, 3.05) is 13.6 Å². The number of H-pyrrole nitrogens is 1. The molecule has 1 aromatic carbocycles. The molecule has 0 atom stereocenters. The van der Waals surface area contributed by atoms with Gasteiger partial charge in [0.2, 0.25) is 0 Å². The molecular weight excluding hydrogens is 318 g/mol. The molecule has 2 heterocycles. The van der Waals surface area contributed by atoms with Crippen molar-refractivity contribution in [2.24, 2.45) is 7.05 Å². The molecule has 3 aromatic rings. The molecule has 0 saturated heterocycles. The zero-order valence-corrected chi connectivity index (χ0v) is 14.3. The molecule has 0 unspecified atom stereocenters. The number of hydrogen-bond donors (Lipinski definition) is 1. The Morgan fingerprint density at radius 2 is 2.04 bits per heavy atom. The lowest BCUT2D eigenvalue weighted by Gasteiger charge is -2.16. The van der Waals surface area contributed by atoms with Crippen molar-refractivity contribution >= 4 is 5.91 Å². The molecule has 3 rings (SSSR count). The Bertz CT molecular complexity index is 907. The van der Waals surface area contributed by atoms with Gasteiger partial charge in [-0.1, -0.05) is 18.2 Å².